The van der Waals surface area contributed by atoms with Gasteiger partial charge in [0.2, 0.25) is 0 Å². The van der Waals surface area contributed by atoms with Gasteiger partial charge in [0.1, 0.15) is 0 Å². The summed E-state index contributed by atoms with van der Waals surface area (Å²) in [5.74, 6) is 0. The molecule has 0 radical (unpaired) electrons. The number of nitrogens with one attached hydrogen (secondary N) is 1. The molecule has 0 saturated carbocycles. The molecular formula is C14H20N4S. The zero-order valence-corrected chi connectivity index (χ0v) is 12.3. The maximum Gasteiger partial charge on any atom is 0.0795 e. The van der Waals surface area contributed by atoms with E-state index >= 15 is 0 Å². The number of pyridine rings is 1. The maximum absolute atomic E-state index is 4.50. The highest BCUT2D eigenvalue weighted by molar-refractivity contribution is 7.07. The molecule has 19 heavy (non-hydrogen) atoms. The first-order valence-electron chi connectivity index (χ1n) is 6.48. The van der Waals surface area contributed by atoms with Crippen LogP contribution in [0.2, 0.25) is 0 Å². The summed E-state index contributed by atoms with van der Waals surface area (Å²) in [6.07, 6.45) is 1.95. The minimum Gasteiger partial charge on any atom is -0.313 e. The Bertz CT molecular complexity index is 467. The molecule has 5 heteroatoms. The van der Waals surface area contributed by atoms with Crippen molar-refractivity contribution in [2.45, 2.75) is 26.6 Å². The van der Waals surface area contributed by atoms with Crippen LogP contribution in [-0.2, 0) is 19.6 Å². The van der Waals surface area contributed by atoms with E-state index in [1.807, 2.05) is 11.7 Å². The van der Waals surface area contributed by atoms with Crippen molar-refractivity contribution < 1.29 is 0 Å². The van der Waals surface area contributed by atoms with Crippen molar-refractivity contribution in [1.82, 2.24) is 20.2 Å². The maximum atomic E-state index is 4.50. The van der Waals surface area contributed by atoms with E-state index in [4.69, 9.17) is 0 Å². The van der Waals surface area contributed by atoms with Gasteiger partial charge < -0.3 is 5.32 Å². The van der Waals surface area contributed by atoms with E-state index in [9.17, 15) is 0 Å². The van der Waals surface area contributed by atoms with Crippen LogP contribution in [-0.4, -0.2) is 28.5 Å². The van der Waals surface area contributed by atoms with Gasteiger partial charge in [-0.15, -0.1) is 11.3 Å². The Balaban J connectivity index is 1.84. The average molecular weight is 276 g/mol. The fourth-order valence-electron chi connectivity index (χ4n) is 1.85. The Kier molecular flexibility index (Phi) is 5.44. The molecule has 0 saturated heterocycles. The summed E-state index contributed by atoms with van der Waals surface area (Å²) in [5, 5.41) is 5.38. The highest BCUT2D eigenvalue weighted by Gasteiger charge is 2.04. The van der Waals surface area contributed by atoms with Crippen LogP contribution in [0.4, 0.5) is 0 Å². The number of aromatic nitrogens is 2. The SMILES string of the molecule is CCNCc1ccc(CN(C)Cc2cscn2)nc1. The third-order valence-electron chi connectivity index (χ3n) is 2.81. The molecule has 4 nitrogen and oxygen atoms in total. The first-order valence-corrected chi connectivity index (χ1v) is 7.42. The summed E-state index contributed by atoms with van der Waals surface area (Å²) in [6, 6.07) is 4.24. The van der Waals surface area contributed by atoms with Crippen LogP contribution < -0.4 is 5.32 Å². The molecule has 0 aliphatic carbocycles. The lowest BCUT2D eigenvalue weighted by atomic mass is 10.2. The fraction of sp³-hybridized carbons (Fsp3) is 0.429. The Morgan fingerprint density at radius 2 is 2.05 bits per heavy atom. The number of rotatable bonds is 7. The molecule has 0 atom stereocenters. The van der Waals surface area contributed by atoms with Crippen LogP contribution in [0.25, 0.3) is 0 Å². The molecular weight excluding hydrogens is 256 g/mol. The van der Waals surface area contributed by atoms with Crippen molar-refractivity contribution in [3.8, 4) is 0 Å². The molecule has 0 aliphatic rings. The molecule has 102 valence electrons. The molecule has 0 amide bonds. The molecule has 2 aromatic heterocycles. The van der Waals surface area contributed by atoms with Gasteiger partial charge in [-0.3, -0.25) is 9.88 Å². The van der Waals surface area contributed by atoms with Gasteiger partial charge in [0.15, 0.2) is 0 Å². The van der Waals surface area contributed by atoms with Crippen LogP contribution in [0, 0.1) is 0 Å². The lowest BCUT2D eigenvalue weighted by molar-refractivity contribution is 0.312. The monoisotopic (exact) mass is 276 g/mol. The minimum atomic E-state index is 0.846. The fourth-order valence-corrected chi connectivity index (χ4v) is 2.40. The van der Waals surface area contributed by atoms with Gasteiger partial charge in [-0.1, -0.05) is 13.0 Å². The van der Waals surface area contributed by atoms with Crippen molar-refractivity contribution in [1.29, 1.82) is 0 Å². The van der Waals surface area contributed by atoms with Crippen molar-refractivity contribution >= 4 is 11.3 Å². The largest absolute Gasteiger partial charge is 0.313 e. The number of nitrogens with zero attached hydrogens (tertiary/aromatic N) is 3. The van der Waals surface area contributed by atoms with Gasteiger partial charge in [-0.25, -0.2) is 4.98 Å². The van der Waals surface area contributed by atoms with Gasteiger partial charge >= 0.3 is 0 Å². The van der Waals surface area contributed by atoms with Crippen LogP contribution >= 0.6 is 11.3 Å². The lowest BCUT2D eigenvalue weighted by Gasteiger charge is -2.14. The molecule has 0 bridgehead atoms. The van der Waals surface area contributed by atoms with Gasteiger partial charge in [0, 0.05) is 31.2 Å². The number of thiazole rings is 1. The second-order valence-corrected chi connectivity index (χ2v) is 5.31. The van der Waals surface area contributed by atoms with E-state index in [0.29, 0.717) is 0 Å². The summed E-state index contributed by atoms with van der Waals surface area (Å²) in [6.45, 7) is 5.69. The van der Waals surface area contributed by atoms with Gasteiger partial charge in [0.25, 0.3) is 0 Å². The van der Waals surface area contributed by atoms with Gasteiger partial charge in [-0.05, 0) is 25.2 Å². The van der Waals surface area contributed by atoms with Crippen molar-refractivity contribution in [3.63, 3.8) is 0 Å². The second-order valence-electron chi connectivity index (χ2n) is 4.59. The predicted molar refractivity (Wildman–Crippen MR) is 78.9 cm³/mol. The molecule has 2 rings (SSSR count). The van der Waals surface area contributed by atoms with Crippen molar-refractivity contribution in [2.24, 2.45) is 0 Å². The smallest absolute Gasteiger partial charge is 0.0795 e. The summed E-state index contributed by atoms with van der Waals surface area (Å²) in [7, 11) is 2.09. The molecule has 0 fully saturated rings. The van der Waals surface area contributed by atoms with E-state index in [0.717, 1.165) is 37.6 Å². The average Bonchev–Trinajstić information content (AvgIpc) is 2.90. The molecule has 1 N–H and O–H groups in total. The predicted octanol–water partition coefficient (Wildman–Crippen LogP) is 2.28. The standard InChI is InChI=1S/C14H20N4S/c1-3-15-6-12-4-5-13(16-7-12)8-18(2)9-14-10-19-11-17-14/h4-5,7,10-11,15H,3,6,8-9H2,1-2H3. The third-order valence-corrected chi connectivity index (χ3v) is 3.45. The summed E-state index contributed by atoms with van der Waals surface area (Å²) < 4.78 is 0. The highest BCUT2D eigenvalue weighted by Crippen LogP contribution is 2.08. The van der Waals surface area contributed by atoms with Gasteiger partial charge in [-0.2, -0.15) is 0 Å². The van der Waals surface area contributed by atoms with Crippen LogP contribution in [0.15, 0.2) is 29.2 Å². The quantitative estimate of drug-likeness (QED) is 0.842. The molecule has 2 heterocycles. The lowest BCUT2D eigenvalue weighted by Crippen LogP contribution is -2.18. The van der Waals surface area contributed by atoms with Crippen LogP contribution in [0.3, 0.4) is 0 Å². The molecule has 0 aromatic carbocycles. The summed E-state index contributed by atoms with van der Waals surface area (Å²) in [4.78, 5) is 11.0. The zero-order valence-electron chi connectivity index (χ0n) is 11.5. The van der Waals surface area contributed by atoms with Gasteiger partial charge in [0.05, 0.1) is 16.9 Å². The Labute approximate surface area is 118 Å². The second kappa shape index (κ2) is 7.33. The van der Waals surface area contributed by atoms with Crippen LogP contribution in [0.5, 0.6) is 0 Å². The molecule has 0 aliphatic heterocycles. The highest BCUT2D eigenvalue weighted by atomic mass is 32.1. The first-order chi connectivity index (χ1) is 9.28. The Hall–Kier alpha value is -1.30. The van der Waals surface area contributed by atoms with E-state index in [1.165, 1.54) is 5.56 Å². The molecule has 0 unspecified atom stereocenters. The summed E-state index contributed by atoms with van der Waals surface area (Å²) >= 11 is 1.64. The molecule has 2 aromatic rings. The first kappa shape index (κ1) is 14.1. The van der Waals surface area contributed by atoms with Crippen molar-refractivity contribution in [3.05, 3.63) is 46.2 Å². The minimum absolute atomic E-state index is 0.846. The molecule has 0 spiro atoms. The van der Waals surface area contributed by atoms with Crippen LogP contribution in [0.1, 0.15) is 23.9 Å². The number of hydrogen-bond donors (Lipinski definition) is 1. The van der Waals surface area contributed by atoms with E-state index in [2.05, 4.69) is 51.7 Å². The zero-order chi connectivity index (χ0) is 13.5. The van der Waals surface area contributed by atoms with E-state index < -0.39 is 0 Å². The number of hydrogen-bond acceptors (Lipinski definition) is 5. The van der Waals surface area contributed by atoms with E-state index in [1.54, 1.807) is 11.3 Å². The summed E-state index contributed by atoms with van der Waals surface area (Å²) in [5.41, 5.74) is 5.32. The van der Waals surface area contributed by atoms with E-state index in [-0.39, 0.29) is 0 Å². The normalized spacial score (nSPS) is 11.1. The van der Waals surface area contributed by atoms with Crippen molar-refractivity contribution in [2.75, 3.05) is 13.6 Å². The Morgan fingerprint density at radius 1 is 1.21 bits per heavy atom. The third kappa shape index (κ3) is 4.70. The topological polar surface area (TPSA) is 41.0 Å². The Morgan fingerprint density at radius 3 is 2.68 bits per heavy atom.